The second-order valence-corrected chi connectivity index (χ2v) is 9.55. The van der Waals surface area contributed by atoms with Crippen LogP contribution in [0.1, 0.15) is 47.4 Å². The van der Waals surface area contributed by atoms with Crippen LogP contribution in [0.5, 0.6) is 0 Å². The van der Waals surface area contributed by atoms with Gasteiger partial charge in [0.05, 0.1) is 0 Å². The molecule has 1 aliphatic heterocycles. The predicted molar refractivity (Wildman–Crippen MR) is 136 cm³/mol. The van der Waals surface area contributed by atoms with E-state index in [2.05, 4.69) is 72.3 Å². The van der Waals surface area contributed by atoms with Crippen LogP contribution in [0.25, 0.3) is 10.9 Å². The first-order valence-electron chi connectivity index (χ1n) is 11.7. The highest BCUT2D eigenvalue weighted by molar-refractivity contribution is 6.30. The number of hydrogen-bond acceptors (Lipinski definition) is 1. The fourth-order valence-electron chi connectivity index (χ4n) is 4.97. The van der Waals surface area contributed by atoms with Crippen molar-refractivity contribution in [1.82, 2.24) is 9.47 Å². The minimum Gasteiger partial charge on any atom is -0.343 e. The first kappa shape index (κ1) is 21.8. The molecule has 0 aliphatic carbocycles. The summed E-state index contributed by atoms with van der Waals surface area (Å²) in [5.74, 6) is 0.189. The number of benzene rings is 3. The van der Waals surface area contributed by atoms with Crippen LogP contribution in [0.2, 0.25) is 5.02 Å². The summed E-state index contributed by atoms with van der Waals surface area (Å²) in [6, 6.07) is 25.2. The van der Waals surface area contributed by atoms with E-state index < -0.39 is 0 Å². The van der Waals surface area contributed by atoms with E-state index in [1.165, 1.54) is 27.6 Å². The third-order valence-electron chi connectivity index (χ3n) is 6.76. The van der Waals surface area contributed by atoms with Crippen molar-refractivity contribution in [2.75, 3.05) is 13.1 Å². The van der Waals surface area contributed by atoms with Gasteiger partial charge in [-0.25, -0.2) is 0 Å². The summed E-state index contributed by atoms with van der Waals surface area (Å²) in [5, 5.41) is 1.90. The molecule has 0 N–H and O–H groups in total. The smallest absolute Gasteiger partial charge is 0.223 e. The normalized spacial score (nSPS) is 14.7. The van der Waals surface area contributed by atoms with Crippen molar-refractivity contribution < 1.29 is 4.79 Å². The molecule has 4 aromatic rings. The molecule has 2 heterocycles. The lowest BCUT2D eigenvalue weighted by Crippen LogP contribution is -2.29. The zero-order chi connectivity index (χ0) is 22.8. The van der Waals surface area contributed by atoms with Crippen molar-refractivity contribution in [2.45, 2.75) is 38.6 Å². The van der Waals surface area contributed by atoms with Gasteiger partial charge in [-0.1, -0.05) is 71.8 Å². The number of para-hydroxylation sites is 1. The lowest BCUT2D eigenvalue weighted by atomic mass is 9.88. The van der Waals surface area contributed by atoms with E-state index in [1.807, 2.05) is 23.1 Å². The zero-order valence-corrected chi connectivity index (χ0v) is 19.8. The van der Waals surface area contributed by atoms with Gasteiger partial charge in [-0.05, 0) is 54.7 Å². The summed E-state index contributed by atoms with van der Waals surface area (Å²) < 4.78 is 2.31. The van der Waals surface area contributed by atoms with Crippen LogP contribution in [0, 0.1) is 6.92 Å². The number of likely N-dealkylation sites (tertiary alicyclic amines) is 1. The van der Waals surface area contributed by atoms with E-state index >= 15 is 0 Å². The Morgan fingerprint density at radius 2 is 1.73 bits per heavy atom. The van der Waals surface area contributed by atoms with E-state index in [0.717, 1.165) is 38.0 Å². The number of carbonyl (C=O) groups is 1. The number of hydrogen-bond donors (Lipinski definition) is 0. The number of halogens is 1. The summed E-state index contributed by atoms with van der Waals surface area (Å²) in [5.41, 5.74) is 5.99. The molecule has 5 rings (SSSR count). The number of rotatable bonds is 6. The Morgan fingerprint density at radius 3 is 2.48 bits per heavy atom. The maximum atomic E-state index is 13.2. The summed E-state index contributed by atoms with van der Waals surface area (Å²) in [6.45, 7) is 4.65. The molecule has 1 aromatic heterocycles. The Labute approximate surface area is 200 Å². The highest BCUT2D eigenvalue weighted by atomic mass is 35.5. The number of aromatic nitrogens is 1. The average Bonchev–Trinajstić information content (AvgIpc) is 3.48. The number of nitrogens with zero attached hydrogens (tertiary/aromatic N) is 2. The monoisotopic (exact) mass is 456 g/mol. The Bertz CT molecular complexity index is 1270. The molecule has 0 saturated carbocycles. The number of carbonyl (C=O) groups excluding carboxylic acids is 1. The first-order chi connectivity index (χ1) is 16.1. The molecule has 33 heavy (non-hydrogen) atoms. The molecule has 1 saturated heterocycles. The summed E-state index contributed by atoms with van der Waals surface area (Å²) in [6.07, 6.45) is 4.90. The van der Waals surface area contributed by atoms with Gasteiger partial charge in [0.1, 0.15) is 0 Å². The minimum atomic E-state index is -0.0408. The number of fused-ring (bicyclic) bond motifs is 1. The van der Waals surface area contributed by atoms with Crippen LogP contribution in [-0.4, -0.2) is 28.5 Å². The maximum Gasteiger partial charge on any atom is 0.223 e. The molecule has 3 nitrogen and oxygen atoms in total. The predicted octanol–water partition coefficient (Wildman–Crippen LogP) is 6.80. The van der Waals surface area contributed by atoms with Crippen molar-refractivity contribution >= 4 is 28.4 Å². The highest BCUT2D eigenvalue weighted by Crippen LogP contribution is 2.36. The molecular weight excluding hydrogens is 428 g/mol. The SMILES string of the molecule is Cc1ccc(Cn2cc([C@@H](CC(=O)N3CCCC3)c3cccc(Cl)c3)c3ccccc32)cc1. The van der Waals surface area contributed by atoms with Crippen molar-refractivity contribution in [3.05, 3.63) is 106 Å². The molecule has 0 bridgehead atoms. The largest absolute Gasteiger partial charge is 0.343 e. The molecule has 4 heteroatoms. The van der Waals surface area contributed by atoms with Crippen LogP contribution in [-0.2, 0) is 11.3 Å². The van der Waals surface area contributed by atoms with E-state index in [9.17, 15) is 4.79 Å². The van der Waals surface area contributed by atoms with Gasteiger partial charge in [0.15, 0.2) is 0 Å². The van der Waals surface area contributed by atoms with Gasteiger partial charge >= 0.3 is 0 Å². The average molecular weight is 457 g/mol. The fraction of sp³-hybridized carbons (Fsp3) is 0.276. The Balaban J connectivity index is 1.57. The molecule has 1 atom stereocenters. The molecule has 0 radical (unpaired) electrons. The molecule has 1 amide bonds. The summed E-state index contributed by atoms with van der Waals surface area (Å²) in [7, 11) is 0. The first-order valence-corrected chi connectivity index (χ1v) is 12.1. The second kappa shape index (κ2) is 9.44. The fourth-order valence-corrected chi connectivity index (χ4v) is 5.17. The molecule has 0 spiro atoms. The Morgan fingerprint density at radius 1 is 0.970 bits per heavy atom. The number of amides is 1. The molecule has 168 valence electrons. The van der Waals surface area contributed by atoms with Crippen LogP contribution in [0.3, 0.4) is 0 Å². The molecular formula is C29H29ClN2O. The van der Waals surface area contributed by atoms with E-state index in [4.69, 9.17) is 11.6 Å². The second-order valence-electron chi connectivity index (χ2n) is 9.11. The van der Waals surface area contributed by atoms with Crippen LogP contribution in [0.4, 0.5) is 0 Å². The van der Waals surface area contributed by atoms with Crippen molar-refractivity contribution in [2.24, 2.45) is 0 Å². The summed E-state index contributed by atoms with van der Waals surface area (Å²) >= 11 is 6.38. The number of aryl methyl sites for hydroxylation is 1. The van der Waals surface area contributed by atoms with Crippen LogP contribution >= 0.6 is 11.6 Å². The third kappa shape index (κ3) is 4.69. The van der Waals surface area contributed by atoms with Crippen molar-refractivity contribution in [1.29, 1.82) is 0 Å². The molecule has 1 aliphatic rings. The van der Waals surface area contributed by atoms with Crippen LogP contribution in [0.15, 0.2) is 79.0 Å². The van der Waals surface area contributed by atoms with Gasteiger partial charge in [0.2, 0.25) is 5.91 Å². The van der Waals surface area contributed by atoms with Gasteiger partial charge < -0.3 is 9.47 Å². The van der Waals surface area contributed by atoms with Gasteiger partial charge in [0.25, 0.3) is 0 Å². The standard InChI is InChI=1S/C29H29ClN2O/c1-21-11-13-22(14-12-21)19-32-20-27(25-9-2-3-10-28(25)32)26(23-7-6-8-24(30)17-23)18-29(33)31-15-4-5-16-31/h2-3,6-14,17,20,26H,4-5,15-16,18-19H2,1H3/t26-/m0/s1. The van der Waals surface area contributed by atoms with Crippen molar-refractivity contribution in [3.8, 4) is 0 Å². The minimum absolute atomic E-state index is 0.0408. The van der Waals surface area contributed by atoms with Gasteiger partial charge in [-0.15, -0.1) is 0 Å². The molecule has 0 unspecified atom stereocenters. The van der Waals surface area contributed by atoms with Gasteiger partial charge in [0, 0.05) is 54.1 Å². The maximum absolute atomic E-state index is 13.2. The molecule has 1 fully saturated rings. The Kier molecular flexibility index (Phi) is 6.24. The van der Waals surface area contributed by atoms with Gasteiger partial charge in [-0.3, -0.25) is 4.79 Å². The Hall–Kier alpha value is -3.04. The highest BCUT2D eigenvalue weighted by Gasteiger charge is 2.26. The quantitative estimate of drug-likeness (QED) is 0.313. The zero-order valence-electron chi connectivity index (χ0n) is 19.0. The van der Waals surface area contributed by atoms with E-state index in [0.29, 0.717) is 11.4 Å². The molecule has 3 aromatic carbocycles. The van der Waals surface area contributed by atoms with Crippen molar-refractivity contribution in [3.63, 3.8) is 0 Å². The summed E-state index contributed by atoms with van der Waals surface area (Å²) in [4.78, 5) is 15.3. The van der Waals surface area contributed by atoms with Crippen LogP contribution < -0.4 is 0 Å². The topological polar surface area (TPSA) is 25.2 Å². The van der Waals surface area contributed by atoms with E-state index in [-0.39, 0.29) is 11.8 Å². The third-order valence-corrected chi connectivity index (χ3v) is 6.99. The lowest BCUT2D eigenvalue weighted by molar-refractivity contribution is -0.130. The van der Waals surface area contributed by atoms with E-state index in [1.54, 1.807) is 0 Å². The lowest BCUT2D eigenvalue weighted by Gasteiger charge is -2.21. The van der Waals surface area contributed by atoms with Gasteiger partial charge in [-0.2, -0.15) is 0 Å².